The molecule has 2 rings (SSSR count). The highest BCUT2D eigenvalue weighted by atomic mass is 32.2. The molecular weight excluding hydrogens is 306 g/mol. The lowest BCUT2D eigenvalue weighted by atomic mass is 9.99. The van der Waals surface area contributed by atoms with Gasteiger partial charge in [0.05, 0.1) is 18.1 Å². The molecule has 0 aliphatic carbocycles. The van der Waals surface area contributed by atoms with Crippen LogP contribution in [0.2, 0.25) is 0 Å². The molecule has 1 aromatic carbocycles. The van der Waals surface area contributed by atoms with E-state index < -0.39 is 0 Å². The molecule has 3 nitrogen and oxygen atoms in total. The van der Waals surface area contributed by atoms with Crippen LogP contribution in [-0.2, 0) is 6.42 Å². The molecule has 0 aliphatic rings. The van der Waals surface area contributed by atoms with E-state index in [-0.39, 0.29) is 0 Å². The van der Waals surface area contributed by atoms with E-state index in [0.717, 1.165) is 17.1 Å². The molecule has 0 saturated carbocycles. The predicted octanol–water partition coefficient (Wildman–Crippen LogP) is 4.95. The summed E-state index contributed by atoms with van der Waals surface area (Å²) in [5.74, 6) is 2.16. The van der Waals surface area contributed by atoms with E-state index in [2.05, 4.69) is 37.0 Å². The van der Waals surface area contributed by atoms with Gasteiger partial charge in [-0.2, -0.15) is 0 Å². The number of rotatable bonds is 8. The zero-order valence-electron chi connectivity index (χ0n) is 14.3. The van der Waals surface area contributed by atoms with Crippen molar-refractivity contribution in [1.82, 2.24) is 4.98 Å². The minimum absolute atomic E-state index is 0.458. The van der Waals surface area contributed by atoms with Gasteiger partial charge in [0.25, 0.3) is 0 Å². The van der Waals surface area contributed by atoms with Gasteiger partial charge < -0.3 is 9.47 Å². The minimum Gasteiger partial charge on any atom is -0.494 e. The van der Waals surface area contributed by atoms with Gasteiger partial charge in [0, 0.05) is 12.6 Å². The second-order valence-electron chi connectivity index (χ2n) is 5.57. The number of benzene rings is 1. The molecule has 0 radical (unpaired) electrons. The van der Waals surface area contributed by atoms with Crippen LogP contribution in [0.5, 0.6) is 11.6 Å². The molecule has 0 saturated heterocycles. The molecule has 124 valence electrons. The fourth-order valence-corrected chi connectivity index (χ4v) is 2.90. The molecule has 0 unspecified atom stereocenters. The van der Waals surface area contributed by atoms with Gasteiger partial charge >= 0.3 is 0 Å². The van der Waals surface area contributed by atoms with Crippen LogP contribution in [0.15, 0.2) is 41.4 Å². The highest BCUT2D eigenvalue weighted by Gasteiger charge is 2.09. The largest absolute Gasteiger partial charge is 0.494 e. The van der Waals surface area contributed by atoms with Gasteiger partial charge in [-0.05, 0) is 48.4 Å². The molecule has 23 heavy (non-hydrogen) atoms. The number of thioether (sulfide) groups is 1. The molecule has 2 aromatic rings. The van der Waals surface area contributed by atoms with E-state index in [0.29, 0.717) is 25.0 Å². The molecule has 0 amide bonds. The number of nitrogens with zero attached hydrogens (tertiary/aromatic N) is 1. The van der Waals surface area contributed by atoms with Crippen molar-refractivity contribution in [1.29, 1.82) is 0 Å². The lowest BCUT2D eigenvalue weighted by Gasteiger charge is -2.15. The SMILES string of the molecule is CCOc1cc(CCOc2ncccc2SC)ccc1C(C)C. The molecule has 0 aliphatic heterocycles. The van der Waals surface area contributed by atoms with Crippen LogP contribution in [0.3, 0.4) is 0 Å². The normalized spacial score (nSPS) is 10.8. The van der Waals surface area contributed by atoms with Crippen LogP contribution in [0.4, 0.5) is 0 Å². The third kappa shape index (κ3) is 4.90. The third-order valence-electron chi connectivity index (χ3n) is 3.59. The van der Waals surface area contributed by atoms with Crippen LogP contribution in [0, 0.1) is 0 Å². The summed E-state index contributed by atoms with van der Waals surface area (Å²) in [5, 5.41) is 0. The van der Waals surface area contributed by atoms with Crippen molar-refractivity contribution in [2.24, 2.45) is 0 Å². The van der Waals surface area contributed by atoms with Crippen molar-refractivity contribution < 1.29 is 9.47 Å². The second-order valence-corrected chi connectivity index (χ2v) is 6.42. The Morgan fingerprint density at radius 2 is 2.00 bits per heavy atom. The van der Waals surface area contributed by atoms with Crippen molar-refractivity contribution in [2.45, 2.75) is 38.0 Å². The number of pyridine rings is 1. The summed E-state index contributed by atoms with van der Waals surface area (Å²) in [4.78, 5) is 5.36. The van der Waals surface area contributed by atoms with Gasteiger partial charge in [0.1, 0.15) is 5.75 Å². The molecule has 0 fully saturated rings. The summed E-state index contributed by atoms with van der Waals surface area (Å²) in [5.41, 5.74) is 2.48. The Labute approximate surface area is 143 Å². The first kappa shape index (κ1) is 17.7. The number of hydrogen-bond acceptors (Lipinski definition) is 4. The first-order chi connectivity index (χ1) is 11.2. The average Bonchev–Trinajstić information content (AvgIpc) is 2.55. The molecule has 0 bridgehead atoms. The first-order valence-electron chi connectivity index (χ1n) is 8.03. The number of aromatic nitrogens is 1. The van der Waals surface area contributed by atoms with Crippen LogP contribution in [-0.4, -0.2) is 24.5 Å². The van der Waals surface area contributed by atoms with E-state index in [1.54, 1.807) is 18.0 Å². The molecule has 0 atom stereocenters. The van der Waals surface area contributed by atoms with Gasteiger partial charge in [0.15, 0.2) is 0 Å². The maximum absolute atomic E-state index is 5.84. The number of hydrogen-bond donors (Lipinski definition) is 0. The molecule has 0 spiro atoms. The standard InChI is InChI=1S/C19H25NO2S/c1-5-21-17-13-15(8-9-16(17)14(2)3)10-12-22-19-18(23-4)7-6-11-20-19/h6-9,11,13-14H,5,10,12H2,1-4H3. The summed E-state index contributed by atoms with van der Waals surface area (Å²) < 4.78 is 11.6. The van der Waals surface area contributed by atoms with Gasteiger partial charge in [0.2, 0.25) is 5.88 Å². The lowest BCUT2D eigenvalue weighted by molar-refractivity contribution is 0.301. The van der Waals surface area contributed by atoms with Crippen molar-refractivity contribution in [3.05, 3.63) is 47.7 Å². The van der Waals surface area contributed by atoms with Gasteiger partial charge in [-0.15, -0.1) is 11.8 Å². The molecule has 1 heterocycles. The Morgan fingerprint density at radius 1 is 1.17 bits per heavy atom. The minimum atomic E-state index is 0.458. The summed E-state index contributed by atoms with van der Waals surface area (Å²) in [7, 11) is 0. The summed E-state index contributed by atoms with van der Waals surface area (Å²) in [6.45, 7) is 7.68. The lowest BCUT2D eigenvalue weighted by Crippen LogP contribution is -2.05. The van der Waals surface area contributed by atoms with Crippen molar-refractivity contribution >= 4 is 11.8 Å². The predicted molar refractivity (Wildman–Crippen MR) is 96.9 cm³/mol. The summed E-state index contributed by atoms with van der Waals surface area (Å²) >= 11 is 1.65. The maximum Gasteiger partial charge on any atom is 0.227 e. The average molecular weight is 331 g/mol. The highest BCUT2D eigenvalue weighted by Crippen LogP contribution is 2.28. The Kier molecular flexibility index (Phi) is 6.78. The molecule has 0 N–H and O–H groups in total. The van der Waals surface area contributed by atoms with E-state index in [1.165, 1.54) is 11.1 Å². The van der Waals surface area contributed by atoms with Crippen LogP contribution in [0.25, 0.3) is 0 Å². The quantitative estimate of drug-likeness (QED) is 0.641. The maximum atomic E-state index is 5.84. The van der Waals surface area contributed by atoms with Gasteiger partial charge in [-0.3, -0.25) is 0 Å². The van der Waals surface area contributed by atoms with Crippen molar-refractivity contribution in [3.63, 3.8) is 0 Å². The monoisotopic (exact) mass is 331 g/mol. The van der Waals surface area contributed by atoms with Gasteiger partial charge in [-0.25, -0.2) is 4.98 Å². The molecule has 1 aromatic heterocycles. The second kappa shape index (κ2) is 8.82. The fraction of sp³-hybridized carbons (Fsp3) is 0.421. The Morgan fingerprint density at radius 3 is 2.70 bits per heavy atom. The Bertz CT molecular complexity index is 629. The van der Waals surface area contributed by atoms with Crippen molar-refractivity contribution in [3.8, 4) is 11.6 Å². The molecular formula is C19H25NO2S. The summed E-state index contributed by atoms with van der Waals surface area (Å²) in [6, 6.07) is 10.4. The summed E-state index contributed by atoms with van der Waals surface area (Å²) in [6.07, 6.45) is 4.63. The van der Waals surface area contributed by atoms with E-state index >= 15 is 0 Å². The van der Waals surface area contributed by atoms with E-state index in [9.17, 15) is 0 Å². The number of ether oxygens (including phenoxy) is 2. The zero-order valence-corrected chi connectivity index (χ0v) is 15.2. The molecule has 4 heteroatoms. The fourth-order valence-electron chi connectivity index (χ4n) is 2.40. The van der Waals surface area contributed by atoms with Crippen LogP contribution in [0.1, 0.15) is 37.8 Å². The van der Waals surface area contributed by atoms with Gasteiger partial charge in [-0.1, -0.05) is 26.0 Å². The smallest absolute Gasteiger partial charge is 0.227 e. The highest BCUT2D eigenvalue weighted by molar-refractivity contribution is 7.98. The topological polar surface area (TPSA) is 31.4 Å². The van der Waals surface area contributed by atoms with E-state index in [1.807, 2.05) is 25.3 Å². The van der Waals surface area contributed by atoms with E-state index in [4.69, 9.17) is 9.47 Å². The first-order valence-corrected chi connectivity index (χ1v) is 9.25. The van der Waals surface area contributed by atoms with Crippen LogP contribution < -0.4 is 9.47 Å². The Balaban J connectivity index is 2.01. The van der Waals surface area contributed by atoms with Crippen molar-refractivity contribution in [2.75, 3.05) is 19.5 Å². The third-order valence-corrected chi connectivity index (χ3v) is 4.34. The Hall–Kier alpha value is -1.68. The zero-order chi connectivity index (χ0) is 16.7. The van der Waals surface area contributed by atoms with Crippen LogP contribution >= 0.6 is 11.8 Å².